The van der Waals surface area contributed by atoms with Gasteiger partial charge in [-0.3, -0.25) is 0 Å². The highest BCUT2D eigenvalue weighted by Gasteiger charge is 2.05. The van der Waals surface area contributed by atoms with E-state index in [4.69, 9.17) is 0 Å². The molecule has 1 nitrogen and oxygen atoms in total. The molecule has 0 aromatic carbocycles. The minimum atomic E-state index is 0.675. The molecule has 1 unspecified atom stereocenters. The summed E-state index contributed by atoms with van der Waals surface area (Å²) < 4.78 is 0. The minimum Gasteiger partial charge on any atom is -0.316 e. The van der Waals surface area contributed by atoms with Gasteiger partial charge in [0.25, 0.3) is 0 Å². The van der Waals surface area contributed by atoms with Crippen molar-refractivity contribution >= 4 is 0 Å². The molecule has 0 saturated carbocycles. The van der Waals surface area contributed by atoms with Crippen LogP contribution < -0.4 is 5.32 Å². The molecule has 1 heteroatoms. The van der Waals surface area contributed by atoms with Crippen molar-refractivity contribution in [2.24, 2.45) is 5.92 Å². The van der Waals surface area contributed by atoms with E-state index in [0.717, 1.165) is 6.54 Å². The topological polar surface area (TPSA) is 12.0 Å². The van der Waals surface area contributed by atoms with Gasteiger partial charge >= 0.3 is 0 Å². The largest absolute Gasteiger partial charge is 0.316 e. The van der Waals surface area contributed by atoms with Gasteiger partial charge in [-0.15, -0.1) is 0 Å². The Hall–Kier alpha value is -0.0400. The molecule has 0 amide bonds. The van der Waals surface area contributed by atoms with Crippen LogP contribution in [0.25, 0.3) is 0 Å². The zero-order valence-electron chi connectivity index (χ0n) is 4.61. The summed E-state index contributed by atoms with van der Waals surface area (Å²) >= 11 is 0. The van der Waals surface area contributed by atoms with Crippen LogP contribution in [0.4, 0.5) is 0 Å². The summed E-state index contributed by atoms with van der Waals surface area (Å²) in [5.74, 6) is 0.675. The van der Waals surface area contributed by atoms with Crippen LogP contribution in [0.15, 0.2) is 0 Å². The van der Waals surface area contributed by atoms with Crippen LogP contribution >= 0.6 is 0 Å². The Morgan fingerprint density at radius 2 is 2.43 bits per heavy atom. The summed E-state index contributed by atoms with van der Waals surface area (Å²) in [6, 6.07) is 0. The van der Waals surface area contributed by atoms with Gasteiger partial charge in [0.15, 0.2) is 0 Å². The van der Waals surface area contributed by atoms with Crippen molar-refractivity contribution in [1.82, 2.24) is 5.32 Å². The number of piperidine rings is 1. The molecule has 1 heterocycles. The van der Waals surface area contributed by atoms with Crippen LogP contribution in [0.3, 0.4) is 0 Å². The number of nitrogens with one attached hydrogen (secondary N) is 1. The second kappa shape index (κ2) is 2.31. The maximum absolute atomic E-state index is 3.94. The molecular formula is C6H12N. The third-order valence-electron chi connectivity index (χ3n) is 1.40. The Morgan fingerprint density at radius 3 is 2.71 bits per heavy atom. The van der Waals surface area contributed by atoms with Crippen LogP contribution in [-0.4, -0.2) is 13.1 Å². The lowest BCUT2D eigenvalue weighted by Gasteiger charge is -2.17. The summed E-state index contributed by atoms with van der Waals surface area (Å²) in [7, 11) is 0. The van der Waals surface area contributed by atoms with Crippen LogP contribution in [0.1, 0.15) is 12.8 Å². The molecule has 1 rings (SSSR count). The first-order valence-electron chi connectivity index (χ1n) is 2.93. The average molecular weight is 98.2 g/mol. The van der Waals surface area contributed by atoms with E-state index in [-0.39, 0.29) is 0 Å². The molecule has 7 heavy (non-hydrogen) atoms. The molecule has 0 aromatic heterocycles. The van der Waals surface area contributed by atoms with Crippen molar-refractivity contribution in [2.45, 2.75) is 12.8 Å². The lowest BCUT2D eigenvalue weighted by molar-refractivity contribution is 0.436. The first-order chi connectivity index (χ1) is 3.39. The van der Waals surface area contributed by atoms with Crippen molar-refractivity contribution in [3.8, 4) is 0 Å². The molecule has 1 saturated heterocycles. The maximum Gasteiger partial charge on any atom is -0.00205 e. The maximum atomic E-state index is 3.94. The molecule has 0 aliphatic carbocycles. The Kier molecular flexibility index (Phi) is 1.69. The van der Waals surface area contributed by atoms with Gasteiger partial charge in [-0.2, -0.15) is 0 Å². The summed E-state index contributed by atoms with van der Waals surface area (Å²) in [6.07, 6.45) is 2.63. The van der Waals surface area contributed by atoms with E-state index in [2.05, 4.69) is 12.2 Å². The van der Waals surface area contributed by atoms with E-state index >= 15 is 0 Å². The van der Waals surface area contributed by atoms with Gasteiger partial charge in [-0.05, 0) is 38.8 Å². The molecule has 0 aromatic rings. The minimum absolute atomic E-state index is 0.675. The SMILES string of the molecule is [CH2]C1CCCNC1. The van der Waals surface area contributed by atoms with Gasteiger partial charge in [-0.1, -0.05) is 0 Å². The average Bonchev–Trinajstić information content (AvgIpc) is 1.69. The third kappa shape index (κ3) is 1.48. The van der Waals surface area contributed by atoms with Crippen LogP contribution in [0, 0.1) is 12.8 Å². The zero-order valence-corrected chi connectivity index (χ0v) is 4.61. The van der Waals surface area contributed by atoms with Gasteiger partial charge in [-0.25, -0.2) is 0 Å². The molecule has 1 aliphatic rings. The fourth-order valence-electron chi connectivity index (χ4n) is 0.924. The quantitative estimate of drug-likeness (QED) is 0.473. The molecule has 1 N–H and O–H groups in total. The van der Waals surface area contributed by atoms with Crippen molar-refractivity contribution < 1.29 is 0 Å². The first-order valence-corrected chi connectivity index (χ1v) is 2.93. The van der Waals surface area contributed by atoms with Crippen molar-refractivity contribution in [3.63, 3.8) is 0 Å². The Morgan fingerprint density at radius 1 is 1.57 bits per heavy atom. The van der Waals surface area contributed by atoms with Gasteiger partial charge in [0.05, 0.1) is 0 Å². The van der Waals surface area contributed by atoms with E-state index in [1.54, 1.807) is 0 Å². The molecule has 0 spiro atoms. The monoisotopic (exact) mass is 98.1 g/mol. The van der Waals surface area contributed by atoms with Gasteiger partial charge in [0, 0.05) is 0 Å². The third-order valence-corrected chi connectivity index (χ3v) is 1.40. The van der Waals surface area contributed by atoms with E-state index in [1.165, 1.54) is 19.4 Å². The summed E-state index contributed by atoms with van der Waals surface area (Å²) in [4.78, 5) is 0. The lowest BCUT2D eigenvalue weighted by Crippen LogP contribution is -2.27. The Labute approximate surface area is 45.1 Å². The molecular weight excluding hydrogens is 86.1 g/mol. The smallest absolute Gasteiger partial charge is 0.00205 e. The lowest BCUT2D eigenvalue weighted by atomic mass is 10.0. The van der Waals surface area contributed by atoms with Gasteiger partial charge in [0.2, 0.25) is 0 Å². The summed E-state index contributed by atoms with van der Waals surface area (Å²) in [6.45, 7) is 6.26. The number of hydrogen-bond donors (Lipinski definition) is 1. The molecule has 1 aliphatic heterocycles. The fraction of sp³-hybridized carbons (Fsp3) is 0.833. The van der Waals surface area contributed by atoms with E-state index in [0.29, 0.717) is 5.92 Å². The number of hydrogen-bond acceptors (Lipinski definition) is 1. The van der Waals surface area contributed by atoms with E-state index < -0.39 is 0 Å². The highest BCUT2D eigenvalue weighted by molar-refractivity contribution is 4.69. The van der Waals surface area contributed by atoms with E-state index in [1.807, 2.05) is 0 Å². The predicted molar refractivity (Wildman–Crippen MR) is 31.0 cm³/mol. The fourth-order valence-corrected chi connectivity index (χ4v) is 0.924. The molecule has 1 radical (unpaired) electrons. The molecule has 1 atom stereocenters. The Balaban J connectivity index is 2.12. The highest BCUT2D eigenvalue weighted by atomic mass is 14.9. The highest BCUT2D eigenvalue weighted by Crippen LogP contribution is 2.06. The first kappa shape index (κ1) is 5.10. The molecule has 1 fully saturated rings. The van der Waals surface area contributed by atoms with Crippen LogP contribution in [0.2, 0.25) is 0 Å². The molecule has 0 bridgehead atoms. The molecule has 41 valence electrons. The second-order valence-electron chi connectivity index (χ2n) is 2.21. The van der Waals surface area contributed by atoms with E-state index in [9.17, 15) is 0 Å². The standard InChI is InChI=1S/C6H12N/c1-6-3-2-4-7-5-6/h6-7H,1-5H2. The summed E-state index contributed by atoms with van der Waals surface area (Å²) in [5.41, 5.74) is 0. The summed E-state index contributed by atoms with van der Waals surface area (Å²) in [5, 5.41) is 3.27. The van der Waals surface area contributed by atoms with Crippen LogP contribution in [-0.2, 0) is 0 Å². The van der Waals surface area contributed by atoms with Crippen molar-refractivity contribution in [3.05, 3.63) is 6.92 Å². The zero-order chi connectivity index (χ0) is 5.11. The second-order valence-corrected chi connectivity index (χ2v) is 2.21. The van der Waals surface area contributed by atoms with Crippen molar-refractivity contribution in [2.75, 3.05) is 13.1 Å². The predicted octanol–water partition coefficient (Wildman–Crippen LogP) is 0.820. The number of rotatable bonds is 0. The Bertz CT molecular complexity index is 46.1. The van der Waals surface area contributed by atoms with Gasteiger partial charge in [0.1, 0.15) is 0 Å². The normalized spacial score (nSPS) is 33.0. The van der Waals surface area contributed by atoms with Crippen LogP contribution in [0.5, 0.6) is 0 Å². The van der Waals surface area contributed by atoms with Gasteiger partial charge < -0.3 is 5.32 Å². The van der Waals surface area contributed by atoms with Crippen molar-refractivity contribution in [1.29, 1.82) is 0 Å².